The fraction of sp³-hybridized carbons (Fsp3) is 0.263. The van der Waals surface area contributed by atoms with Crippen molar-refractivity contribution >= 4 is 41.5 Å². The highest BCUT2D eigenvalue weighted by atomic mass is 28.4. The molecule has 0 aliphatic heterocycles. The van der Waals surface area contributed by atoms with Crippen molar-refractivity contribution in [3.8, 4) is 0 Å². The summed E-state index contributed by atoms with van der Waals surface area (Å²) in [5.41, 5.74) is 1.88. The summed E-state index contributed by atoms with van der Waals surface area (Å²) in [4.78, 5) is 30.9. The molecule has 0 saturated heterocycles. The Bertz CT molecular complexity index is 1730. The number of benzene rings is 4. The average molecular weight is 620 g/mol. The highest BCUT2D eigenvalue weighted by Gasteiger charge is 2.50. The Hall–Kier alpha value is -4.46. The molecule has 0 unspecified atom stereocenters. The molecule has 1 N–H and O–H groups in total. The van der Waals surface area contributed by atoms with E-state index in [0.29, 0.717) is 16.6 Å². The Morgan fingerprint density at radius 2 is 1.22 bits per heavy atom. The van der Waals surface area contributed by atoms with Crippen molar-refractivity contribution in [2.45, 2.75) is 65.4 Å². The van der Waals surface area contributed by atoms with Crippen LogP contribution in [0, 0.1) is 0 Å². The predicted molar refractivity (Wildman–Crippen MR) is 181 cm³/mol. The molecule has 0 radical (unpaired) electrons. The second kappa shape index (κ2) is 12.9. The second-order valence-electron chi connectivity index (χ2n) is 13.2. The number of hydrogen-bond donors (Lipinski definition) is 1. The standard InChI is InChI=1S/C38H41NO5Si/c1-37(2,3)44-36(41)34-32(39-31-24-16-23-30(33(31)34)35(40)42-25-27-17-10-7-11-18-27)26-43-45(38(4,5)6,28-19-12-8-13-20-28)29-21-14-9-15-22-29/h7-24,39H,25-26H2,1-6H3. The summed E-state index contributed by atoms with van der Waals surface area (Å²) < 4.78 is 18.8. The number of ether oxygens (including phenoxy) is 2. The van der Waals surface area contributed by atoms with Crippen LogP contribution in [0.3, 0.4) is 0 Å². The fourth-order valence-corrected chi connectivity index (χ4v) is 10.4. The number of fused-ring (bicyclic) bond motifs is 1. The minimum atomic E-state index is -2.93. The molecule has 0 aliphatic rings. The molecule has 7 heteroatoms. The predicted octanol–water partition coefficient (Wildman–Crippen LogP) is 7.56. The van der Waals surface area contributed by atoms with Gasteiger partial charge in [0.2, 0.25) is 0 Å². The Labute approximate surface area is 266 Å². The van der Waals surface area contributed by atoms with E-state index in [1.165, 1.54) is 0 Å². The second-order valence-corrected chi connectivity index (χ2v) is 17.5. The van der Waals surface area contributed by atoms with Crippen molar-refractivity contribution in [3.63, 3.8) is 0 Å². The van der Waals surface area contributed by atoms with E-state index < -0.39 is 25.9 Å². The molecule has 0 bridgehead atoms. The van der Waals surface area contributed by atoms with E-state index in [1.807, 2.05) is 93.6 Å². The number of H-pyrrole nitrogens is 1. The minimum absolute atomic E-state index is 0.106. The maximum absolute atomic E-state index is 13.9. The monoisotopic (exact) mass is 619 g/mol. The van der Waals surface area contributed by atoms with E-state index >= 15 is 0 Å². The molecule has 45 heavy (non-hydrogen) atoms. The molecule has 0 aliphatic carbocycles. The van der Waals surface area contributed by atoms with E-state index in [1.54, 1.807) is 12.1 Å². The summed E-state index contributed by atoms with van der Waals surface area (Å²) in [6.45, 7) is 12.3. The highest BCUT2D eigenvalue weighted by Crippen LogP contribution is 2.38. The van der Waals surface area contributed by atoms with Gasteiger partial charge in [-0.05, 0) is 53.9 Å². The molecule has 4 aromatic carbocycles. The zero-order valence-electron chi connectivity index (χ0n) is 26.8. The molecule has 5 rings (SSSR count). The lowest BCUT2D eigenvalue weighted by Crippen LogP contribution is -2.66. The molecule has 1 aromatic heterocycles. The number of aromatic nitrogens is 1. The van der Waals surface area contributed by atoms with E-state index in [9.17, 15) is 9.59 Å². The van der Waals surface area contributed by atoms with Crippen molar-refractivity contribution in [1.82, 2.24) is 4.98 Å². The van der Waals surface area contributed by atoms with Crippen LogP contribution in [-0.4, -0.2) is 30.8 Å². The molecular weight excluding hydrogens is 579 g/mol. The van der Waals surface area contributed by atoms with Crippen LogP contribution in [-0.2, 0) is 27.1 Å². The van der Waals surface area contributed by atoms with Crippen LogP contribution in [0.5, 0.6) is 0 Å². The summed E-state index contributed by atoms with van der Waals surface area (Å²) in [5, 5.41) is 2.46. The maximum atomic E-state index is 13.9. The van der Waals surface area contributed by atoms with Crippen LogP contribution >= 0.6 is 0 Å². The Balaban J connectivity index is 1.62. The number of rotatable bonds is 9. The van der Waals surface area contributed by atoms with Crippen LogP contribution in [0.15, 0.2) is 109 Å². The third-order valence-electron chi connectivity index (χ3n) is 7.79. The number of hydrogen-bond acceptors (Lipinski definition) is 5. The van der Waals surface area contributed by atoms with E-state index in [-0.39, 0.29) is 29.4 Å². The first-order valence-corrected chi connectivity index (χ1v) is 17.1. The van der Waals surface area contributed by atoms with Crippen molar-refractivity contribution in [1.29, 1.82) is 0 Å². The molecule has 1 heterocycles. The van der Waals surface area contributed by atoms with E-state index in [4.69, 9.17) is 13.9 Å². The van der Waals surface area contributed by atoms with Gasteiger partial charge in [0.25, 0.3) is 8.32 Å². The third-order valence-corrected chi connectivity index (χ3v) is 12.8. The maximum Gasteiger partial charge on any atom is 0.341 e. The SMILES string of the molecule is CC(C)(C)OC(=O)c1c(CO[Si](c2ccccc2)(c2ccccc2)C(C)(C)C)[nH]c2cccc(C(=O)OCc3ccccc3)c12. The minimum Gasteiger partial charge on any atom is -0.457 e. The van der Waals surface area contributed by atoms with Gasteiger partial charge in [-0.2, -0.15) is 0 Å². The van der Waals surface area contributed by atoms with Gasteiger partial charge in [-0.3, -0.25) is 0 Å². The first-order chi connectivity index (χ1) is 21.4. The van der Waals surface area contributed by atoms with Gasteiger partial charge in [-0.15, -0.1) is 0 Å². The molecule has 0 amide bonds. The summed E-state index contributed by atoms with van der Waals surface area (Å²) in [6.07, 6.45) is 0. The van der Waals surface area contributed by atoms with Crippen molar-refractivity contribution in [2.24, 2.45) is 0 Å². The van der Waals surface area contributed by atoms with Gasteiger partial charge in [0.05, 0.1) is 23.4 Å². The first-order valence-electron chi connectivity index (χ1n) is 15.2. The third kappa shape index (κ3) is 6.80. The molecule has 0 spiro atoms. The van der Waals surface area contributed by atoms with Crippen LogP contribution in [0.25, 0.3) is 10.9 Å². The number of carbonyl (C=O) groups excluding carboxylic acids is 2. The molecule has 0 saturated carbocycles. The van der Waals surface area contributed by atoms with Crippen LogP contribution < -0.4 is 10.4 Å². The normalized spacial score (nSPS) is 12.2. The molecule has 232 valence electrons. The van der Waals surface area contributed by atoms with E-state index in [2.05, 4.69) is 50.0 Å². The lowest BCUT2D eigenvalue weighted by atomic mass is 10.0. The zero-order valence-corrected chi connectivity index (χ0v) is 27.8. The van der Waals surface area contributed by atoms with Crippen molar-refractivity contribution in [3.05, 3.63) is 132 Å². The van der Waals surface area contributed by atoms with E-state index in [0.717, 1.165) is 15.9 Å². The fourth-order valence-electron chi connectivity index (χ4n) is 5.88. The van der Waals surface area contributed by atoms with Crippen molar-refractivity contribution in [2.75, 3.05) is 0 Å². The van der Waals surface area contributed by atoms with Crippen LogP contribution in [0.2, 0.25) is 5.04 Å². The summed E-state index contributed by atoms with van der Waals surface area (Å²) in [7, 11) is -2.93. The number of aromatic amines is 1. The lowest BCUT2D eigenvalue weighted by molar-refractivity contribution is 0.00691. The van der Waals surface area contributed by atoms with Crippen LogP contribution in [0.4, 0.5) is 0 Å². The van der Waals surface area contributed by atoms with Gasteiger partial charge >= 0.3 is 11.9 Å². The Morgan fingerprint density at radius 3 is 1.76 bits per heavy atom. The lowest BCUT2D eigenvalue weighted by Gasteiger charge is -2.43. The number of carbonyl (C=O) groups is 2. The molecule has 0 atom stereocenters. The van der Waals surface area contributed by atoms with Gasteiger partial charge in [-0.25, -0.2) is 9.59 Å². The van der Waals surface area contributed by atoms with Crippen LogP contribution in [0.1, 0.15) is 73.5 Å². The first kappa shape index (κ1) is 31.9. The largest absolute Gasteiger partial charge is 0.457 e. The molecule has 6 nitrogen and oxygen atoms in total. The Kier molecular flexibility index (Phi) is 9.14. The zero-order chi connectivity index (χ0) is 32.2. The Morgan fingerprint density at radius 1 is 0.667 bits per heavy atom. The molecule has 0 fully saturated rings. The topological polar surface area (TPSA) is 77.6 Å². The smallest absolute Gasteiger partial charge is 0.341 e. The molecular formula is C38H41NO5Si. The van der Waals surface area contributed by atoms with Gasteiger partial charge in [0.1, 0.15) is 12.2 Å². The van der Waals surface area contributed by atoms with Crippen molar-refractivity contribution < 1.29 is 23.5 Å². The summed E-state index contributed by atoms with van der Waals surface area (Å²) in [6, 6.07) is 35.5. The van der Waals surface area contributed by atoms with Gasteiger partial charge < -0.3 is 18.9 Å². The number of nitrogens with one attached hydrogen (secondary N) is 1. The highest BCUT2D eigenvalue weighted by molar-refractivity contribution is 6.99. The van der Waals surface area contributed by atoms with Gasteiger partial charge in [0, 0.05) is 10.9 Å². The summed E-state index contributed by atoms with van der Waals surface area (Å²) >= 11 is 0. The number of esters is 2. The summed E-state index contributed by atoms with van der Waals surface area (Å²) in [5.74, 6) is -1.05. The quantitative estimate of drug-likeness (QED) is 0.136. The average Bonchev–Trinajstić information content (AvgIpc) is 3.39. The van der Waals surface area contributed by atoms with Gasteiger partial charge in [-0.1, -0.05) is 118 Å². The van der Waals surface area contributed by atoms with Gasteiger partial charge in [0.15, 0.2) is 0 Å². The molecule has 5 aromatic rings.